The van der Waals surface area contributed by atoms with E-state index in [4.69, 9.17) is 0 Å². The molecule has 33 heavy (non-hydrogen) atoms. The van der Waals surface area contributed by atoms with Gasteiger partial charge >= 0.3 is 0 Å². The minimum Gasteiger partial charge on any atom is -0.0769 e. The van der Waals surface area contributed by atoms with Gasteiger partial charge in [-0.2, -0.15) is 0 Å². The molecular weight excluding hydrogens is 396 g/mol. The average Bonchev–Trinajstić information content (AvgIpc) is 3.34. The fraction of sp³-hybridized carbons (Fsp3) is 0.515. The second-order valence-electron chi connectivity index (χ2n) is 13.8. The third-order valence-corrected chi connectivity index (χ3v) is 8.16. The number of rotatable bonds is 1. The van der Waals surface area contributed by atoms with Gasteiger partial charge in [0.25, 0.3) is 0 Å². The van der Waals surface area contributed by atoms with Gasteiger partial charge in [-0.15, -0.1) is 0 Å². The van der Waals surface area contributed by atoms with E-state index < -0.39 is 0 Å². The Hall–Kier alpha value is -2.08. The fourth-order valence-corrected chi connectivity index (χ4v) is 7.03. The lowest BCUT2D eigenvalue weighted by molar-refractivity contribution is 0.514. The third-order valence-electron chi connectivity index (χ3n) is 8.16. The van der Waals surface area contributed by atoms with Crippen LogP contribution in [-0.2, 0) is 30.1 Å². The van der Waals surface area contributed by atoms with Crippen molar-refractivity contribution in [3.05, 3.63) is 74.4 Å². The number of fused-ring (bicyclic) bond motifs is 6. The Morgan fingerprint density at radius 1 is 0.697 bits per heavy atom. The van der Waals surface area contributed by atoms with Crippen molar-refractivity contribution in [2.75, 3.05) is 0 Å². The molecule has 174 valence electrons. The van der Waals surface area contributed by atoms with Crippen molar-refractivity contribution < 1.29 is 0 Å². The molecule has 0 unspecified atom stereocenters. The van der Waals surface area contributed by atoms with Gasteiger partial charge in [0, 0.05) is 0 Å². The Bertz CT molecular complexity index is 1240. The van der Waals surface area contributed by atoms with Crippen molar-refractivity contribution in [2.24, 2.45) is 5.41 Å². The van der Waals surface area contributed by atoms with E-state index in [-0.39, 0.29) is 16.2 Å². The topological polar surface area (TPSA) is 0 Å². The van der Waals surface area contributed by atoms with Crippen molar-refractivity contribution in [1.29, 1.82) is 0 Å². The van der Waals surface area contributed by atoms with Crippen LogP contribution in [0.15, 0.2) is 35.4 Å². The molecule has 0 aromatic heterocycles. The smallest absolute Gasteiger partial charge is 0.00103 e. The van der Waals surface area contributed by atoms with Crippen LogP contribution in [-0.4, -0.2) is 0 Å². The van der Waals surface area contributed by atoms with Gasteiger partial charge in [-0.3, -0.25) is 0 Å². The third kappa shape index (κ3) is 3.39. The summed E-state index contributed by atoms with van der Waals surface area (Å²) in [5.41, 5.74) is 19.5. The van der Waals surface area contributed by atoms with Gasteiger partial charge < -0.3 is 0 Å². The largest absolute Gasteiger partial charge is 0.0769 e. The molecule has 5 rings (SSSR count). The number of benzene rings is 2. The van der Waals surface area contributed by atoms with Crippen LogP contribution < -0.4 is 0 Å². The second kappa shape index (κ2) is 6.97. The van der Waals surface area contributed by atoms with Crippen LogP contribution >= 0.6 is 0 Å². The van der Waals surface area contributed by atoms with Gasteiger partial charge in [0.05, 0.1) is 0 Å². The van der Waals surface area contributed by atoms with Crippen molar-refractivity contribution in [3.63, 3.8) is 0 Å². The van der Waals surface area contributed by atoms with Gasteiger partial charge in [-0.1, -0.05) is 92.2 Å². The summed E-state index contributed by atoms with van der Waals surface area (Å²) in [6.45, 7) is 23.8. The first-order valence-corrected chi connectivity index (χ1v) is 13.0. The second-order valence-corrected chi connectivity index (χ2v) is 13.8. The van der Waals surface area contributed by atoms with Gasteiger partial charge in [-0.05, 0) is 110 Å². The van der Waals surface area contributed by atoms with Gasteiger partial charge in [0.2, 0.25) is 0 Å². The van der Waals surface area contributed by atoms with Crippen LogP contribution in [0.25, 0.3) is 16.7 Å². The number of hydrogen-bond acceptors (Lipinski definition) is 0. The highest BCUT2D eigenvalue weighted by atomic mass is 14.4. The Kier molecular flexibility index (Phi) is 4.79. The summed E-state index contributed by atoms with van der Waals surface area (Å²) in [7, 11) is 0. The zero-order valence-electron chi connectivity index (χ0n) is 22.6. The van der Waals surface area contributed by atoms with Crippen LogP contribution in [0, 0.1) is 5.41 Å². The molecule has 2 bridgehead atoms. The van der Waals surface area contributed by atoms with E-state index in [9.17, 15) is 0 Å². The lowest BCUT2D eigenvalue weighted by atomic mass is 9.74. The van der Waals surface area contributed by atoms with E-state index in [1.807, 2.05) is 0 Å². The van der Waals surface area contributed by atoms with Gasteiger partial charge in [0.1, 0.15) is 0 Å². The maximum atomic E-state index is 2.51. The minimum absolute atomic E-state index is 0.155. The molecule has 0 heterocycles. The predicted octanol–water partition coefficient (Wildman–Crippen LogP) is 9.10. The van der Waals surface area contributed by atoms with Gasteiger partial charge in [0.15, 0.2) is 0 Å². The van der Waals surface area contributed by atoms with Crippen LogP contribution in [0.4, 0.5) is 0 Å². The predicted molar refractivity (Wildman–Crippen MR) is 144 cm³/mol. The van der Waals surface area contributed by atoms with E-state index in [2.05, 4.69) is 93.5 Å². The summed E-state index contributed by atoms with van der Waals surface area (Å²) < 4.78 is 0. The summed E-state index contributed by atoms with van der Waals surface area (Å²) in [4.78, 5) is 0. The average molecular weight is 439 g/mol. The SMILES string of the molecule is CC1=CCC(c2c3c(C(C)(C)C)c(c4c2-c2ccc(C(C)(C)C)cc2C4)CC3)=C1C(C)(C)C. The molecule has 0 amide bonds. The van der Waals surface area contributed by atoms with E-state index in [0.29, 0.717) is 0 Å². The number of hydrogen-bond donors (Lipinski definition) is 0. The fourth-order valence-electron chi connectivity index (χ4n) is 7.03. The molecule has 0 atom stereocenters. The van der Waals surface area contributed by atoms with Crippen LogP contribution in [0.2, 0.25) is 0 Å². The molecule has 0 fully saturated rings. The van der Waals surface area contributed by atoms with E-state index in [1.165, 1.54) is 29.5 Å². The Balaban J connectivity index is 1.87. The molecule has 0 aliphatic heterocycles. The zero-order valence-corrected chi connectivity index (χ0v) is 22.6. The highest BCUT2D eigenvalue weighted by molar-refractivity contribution is 5.95. The van der Waals surface area contributed by atoms with Crippen LogP contribution in [0.5, 0.6) is 0 Å². The molecule has 3 aliphatic rings. The standard InChI is InChI=1S/C33H42/c1-19-11-13-24(29(19)32(5,6)7)28-25-16-15-23(30(25)33(8,9)10)26-18-20-17-21(31(2,3)4)12-14-22(20)27(26)28/h11-12,14,17H,13,15-16,18H2,1-10H3. The zero-order chi connectivity index (χ0) is 24.1. The minimum atomic E-state index is 0.155. The lowest BCUT2D eigenvalue weighted by Crippen LogP contribution is -2.17. The van der Waals surface area contributed by atoms with E-state index >= 15 is 0 Å². The summed E-state index contributed by atoms with van der Waals surface area (Å²) in [6, 6.07) is 7.36. The molecule has 0 N–H and O–H groups in total. The van der Waals surface area contributed by atoms with Crippen molar-refractivity contribution in [2.45, 2.75) is 106 Å². The molecule has 3 aliphatic carbocycles. The molecule has 0 saturated heterocycles. The van der Waals surface area contributed by atoms with Crippen LogP contribution in [0.1, 0.15) is 115 Å². The molecule has 2 aromatic carbocycles. The highest BCUT2D eigenvalue weighted by Crippen LogP contribution is 2.55. The van der Waals surface area contributed by atoms with Crippen LogP contribution in [0.3, 0.4) is 0 Å². The molecule has 2 aromatic rings. The van der Waals surface area contributed by atoms with Gasteiger partial charge in [-0.25, -0.2) is 0 Å². The van der Waals surface area contributed by atoms with E-state index in [1.54, 1.807) is 50.1 Å². The molecular formula is C33H42. The first kappa shape index (κ1) is 22.7. The summed E-state index contributed by atoms with van der Waals surface area (Å²) in [5, 5.41) is 0. The first-order chi connectivity index (χ1) is 15.2. The van der Waals surface area contributed by atoms with E-state index in [0.717, 1.165) is 12.8 Å². The Morgan fingerprint density at radius 3 is 1.97 bits per heavy atom. The molecule has 0 spiro atoms. The van der Waals surface area contributed by atoms with Crippen molar-refractivity contribution in [3.8, 4) is 11.1 Å². The number of allylic oxidation sites excluding steroid dienone is 4. The molecule has 0 heteroatoms. The summed E-state index contributed by atoms with van der Waals surface area (Å²) >= 11 is 0. The van der Waals surface area contributed by atoms with Crippen molar-refractivity contribution >= 4 is 5.57 Å². The first-order valence-electron chi connectivity index (χ1n) is 13.0. The van der Waals surface area contributed by atoms with Crippen molar-refractivity contribution in [1.82, 2.24) is 0 Å². The molecule has 0 saturated carbocycles. The summed E-state index contributed by atoms with van der Waals surface area (Å²) in [6.07, 6.45) is 7.09. The highest BCUT2D eigenvalue weighted by Gasteiger charge is 2.39. The summed E-state index contributed by atoms with van der Waals surface area (Å²) in [5.74, 6) is 0. The molecule has 0 nitrogen and oxygen atoms in total. The Labute approximate surface area is 202 Å². The lowest BCUT2D eigenvalue weighted by Gasteiger charge is -2.30. The normalized spacial score (nSPS) is 17.6. The molecule has 0 radical (unpaired) electrons. The Morgan fingerprint density at radius 2 is 1.36 bits per heavy atom. The quantitative estimate of drug-likeness (QED) is 0.355. The monoisotopic (exact) mass is 438 g/mol. The maximum Gasteiger partial charge on any atom is -0.00103 e. The maximum absolute atomic E-state index is 2.51.